The highest BCUT2D eigenvalue weighted by molar-refractivity contribution is 5.73. The van der Waals surface area contributed by atoms with Crippen LogP contribution in [-0.2, 0) is 6.54 Å². The summed E-state index contributed by atoms with van der Waals surface area (Å²) in [6.07, 6.45) is -0.986. The Morgan fingerprint density at radius 2 is 1.96 bits per heavy atom. The molecule has 0 bridgehead atoms. The first-order valence-electron chi connectivity index (χ1n) is 7.31. The van der Waals surface area contributed by atoms with Crippen LogP contribution < -0.4 is 15.8 Å². The number of nitrogens with one attached hydrogen (secondary N) is 1. The lowest BCUT2D eigenvalue weighted by molar-refractivity contribution is 0.147. The summed E-state index contributed by atoms with van der Waals surface area (Å²) < 4.78 is 5.58. The molecular weight excluding hydrogens is 294 g/mol. The number of hydrogen-bond acceptors (Lipinski definition) is 4. The van der Waals surface area contributed by atoms with Crippen molar-refractivity contribution in [3.05, 3.63) is 54.1 Å². The molecule has 0 saturated heterocycles. The molecular formula is C17H21N3O3. The monoisotopic (exact) mass is 315 g/mol. The minimum Gasteiger partial charge on any atom is -0.489 e. The Labute approximate surface area is 135 Å². The molecule has 6 nitrogen and oxygen atoms in total. The zero-order valence-electron chi connectivity index (χ0n) is 13.0. The van der Waals surface area contributed by atoms with E-state index in [-0.39, 0.29) is 13.2 Å². The summed E-state index contributed by atoms with van der Waals surface area (Å²) in [6, 6.07) is 15.5. The standard InChI is InChI=1S/C17H21N3O3/c1-20(17(21)22)10-11-23-15-9-5-8-14(16(15)18)19-12-13-6-3-2-4-7-13/h2-9,19H,10-12,18H2,1H3,(H,21,22). The number of benzene rings is 2. The molecule has 1 amide bonds. The van der Waals surface area contributed by atoms with Crippen LogP contribution in [0.25, 0.3) is 0 Å². The smallest absolute Gasteiger partial charge is 0.407 e. The summed E-state index contributed by atoms with van der Waals surface area (Å²) in [5, 5.41) is 12.1. The third-order valence-electron chi connectivity index (χ3n) is 3.40. The molecule has 4 N–H and O–H groups in total. The van der Waals surface area contributed by atoms with Crippen molar-refractivity contribution in [2.24, 2.45) is 0 Å². The van der Waals surface area contributed by atoms with E-state index in [0.29, 0.717) is 18.0 Å². The number of anilines is 2. The van der Waals surface area contributed by atoms with Gasteiger partial charge in [0.05, 0.1) is 17.9 Å². The number of ether oxygens (including phenoxy) is 1. The molecule has 0 aliphatic rings. The summed E-state index contributed by atoms with van der Waals surface area (Å²) in [6.45, 7) is 1.18. The van der Waals surface area contributed by atoms with Crippen LogP contribution in [0, 0.1) is 0 Å². The molecule has 6 heteroatoms. The molecule has 0 fully saturated rings. The lowest BCUT2D eigenvalue weighted by Crippen LogP contribution is -2.29. The first-order chi connectivity index (χ1) is 11.1. The van der Waals surface area contributed by atoms with Gasteiger partial charge in [0, 0.05) is 13.6 Å². The molecule has 0 aromatic heterocycles. The SMILES string of the molecule is CN(CCOc1cccc(NCc2ccccc2)c1N)C(=O)O. The minimum absolute atomic E-state index is 0.245. The third-order valence-corrected chi connectivity index (χ3v) is 3.40. The van der Waals surface area contributed by atoms with Crippen molar-refractivity contribution in [2.45, 2.75) is 6.54 Å². The van der Waals surface area contributed by atoms with E-state index in [1.54, 1.807) is 6.07 Å². The van der Waals surface area contributed by atoms with Gasteiger partial charge in [-0.25, -0.2) is 4.79 Å². The first kappa shape index (κ1) is 16.5. The lowest BCUT2D eigenvalue weighted by Gasteiger charge is -2.16. The van der Waals surface area contributed by atoms with E-state index in [4.69, 9.17) is 15.6 Å². The van der Waals surface area contributed by atoms with Crippen molar-refractivity contribution in [2.75, 3.05) is 31.2 Å². The van der Waals surface area contributed by atoms with Gasteiger partial charge in [-0.2, -0.15) is 0 Å². The summed E-state index contributed by atoms with van der Waals surface area (Å²) >= 11 is 0. The van der Waals surface area contributed by atoms with Gasteiger partial charge in [0.2, 0.25) is 0 Å². The average Bonchev–Trinajstić information content (AvgIpc) is 2.56. The highest BCUT2D eigenvalue weighted by Gasteiger charge is 2.08. The highest BCUT2D eigenvalue weighted by Crippen LogP contribution is 2.29. The Kier molecular flexibility index (Phi) is 5.68. The van der Waals surface area contributed by atoms with E-state index in [1.165, 1.54) is 7.05 Å². The second-order valence-corrected chi connectivity index (χ2v) is 5.11. The molecule has 0 aliphatic carbocycles. The molecule has 0 heterocycles. The van der Waals surface area contributed by atoms with E-state index in [2.05, 4.69) is 5.32 Å². The Hall–Kier alpha value is -2.89. The number of nitrogens with two attached hydrogens (primary N) is 1. The van der Waals surface area contributed by atoms with Crippen LogP contribution in [0.2, 0.25) is 0 Å². The second kappa shape index (κ2) is 7.93. The molecule has 2 aromatic carbocycles. The Morgan fingerprint density at radius 3 is 2.65 bits per heavy atom. The topological polar surface area (TPSA) is 87.8 Å². The van der Waals surface area contributed by atoms with Crippen LogP contribution in [0.5, 0.6) is 5.75 Å². The molecule has 122 valence electrons. The van der Waals surface area contributed by atoms with Crippen molar-refractivity contribution in [1.82, 2.24) is 4.90 Å². The predicted octanol–water partition coefficient (Wildman–Crippen LogP) is 2.87. The average molecular weight is 315 g/mol. The number of nitrogen functional groups attached to an aromatic ring is 1. The van der Waals surface area contributed by atoms with Gasteiger partial charge >= 0.3 is 6.09 Å². The van der Waals surface area contributed by atoms with E-state index in [0.717, 1.165) is 16.2 Å². The Bertz CT molecular complexity index is 647. The van der Waals surface area contributed by atoms with Crippen molar-refractivity contribution in [3.63, 3.8) is 0 Å². The van der Waals surface area contributed by atoms with Crippen LogP contribution in [0.3, 0.4) is 0 Å². The molecule has 2 rings (SSSR count). The van der Waals surface area contributed by atoms with Gasteiger partial charge in [-0.05, 0) is 17.7 Å². The van der Waals surface area contributed by atoms with E-state index >= 15 is 0 Å². The number of rotatable bonds is 7. The van der Waals surface area contributed by atoms with E-state index in [9.17, 15) is 4.79 Å². The summed E-state index contributed by atoms with van der Waals surface area (Å²) in [5.74, 6) is 0.543. The van der Waals surface area contributed by atoms with Crippen molar-refractivity contribution in [3.8, 4) is 5.75 Å². The highest BCUT2D eigenvalue weighted by atomic mass is 16.5. The maximum atomic E-state index is 10.7. The Morgan fingerprint density at radius 1 is 1.22 bits per heavy atom. The molecule has 2 aromatic rings. The summed E-state index contributed by atoms with van der Waals surface area (Å²) in [4.78, 5) is 11.9. The lowest BCUT2D eigenvalue weighted by atomic mass is 10.2. The largest absolute Gasteiger partial charge is 0.489 e. The molecule has 0 spiro atoms. The summed E-state index contributed by atoms with van der Waals surface area (Å²) in [7, 11) is 1.49. The van der Waals surface area contributed by atoms with Crippen molar-refractivity contribution >= 4 is 17.5 Å². The number of para-hydroxylation sites is 1. The van der Waals surface area contributed by atoms with Crippen LogP contribution in [0.15, 0.2) is 48.5 Å². The zero-order chi connectivity index (χ0) is 16.7. The van der Waals surface area contributed by atoms with Gasteiger partial charge in [-0.3, -0.25) is 0 Å². The molecule has 0 atom stereocenters. The molecule has 0 aliphatic heterocycles. The number of carboxylic acid groups (broad SMARTS) is 1. The van der Waals surface area contributed by atoms with Crippen LogP contribution in [-0.4, -0.2) is 36.3 Å². The maximum Gasteiger partial charge on any atom is 0.407 e. The fourth-order valence-electron chi connectivity index (χ4n) is 2.01. The zero-order valence-corrected chi connectivity index (χ0v) is 13.0. The minimum atomic E-state index is -0.986. The van der Waals surface area contributed by atoms with Crippen molar-refractivity contribution in [1.29, 1.82) is 0 Å². The quantitative estimate of drug-likeness (QED) is 0.684. The fourth-order valence-corrected chi connectivity index (χ4v) is 2.01. The second-order valence-electron chi connectivity index (χ2n) is 5.11. The van der Waals surface area contributed by atoms with Gasteiger partial charge in [0.1, 0.15) is 12.4 Å². The van der Waals surface area contributed by atoms with Gasteiger partial charge in [0.25, 0.3) is 0 Å². The predicted molar refractivity (Wildman–Crippen MR) is 90.8 cm³/mol. The van der Waals surface area contributed by atoms with Gasteiger partial charge < -0.3 is 25.8 Å². The van der Waals surface area contributed by atoms with Crippen LogP contribution in [0.1, 0.15) is 5.56 Å². The number of likely N-dealkylation sites (N-methyl/N-ethyl adjacent to an activating group) is 1. The number of nitrogens with zero attached hydrogens (tertiary/aromatic N) is 1. The first-order valence-corrected chi connectivity index (χ1v) is 7.31. The van der Waals surface area contributed by atoms with Gasteiger partial charge in [-0.1, -0.05) is 36.4 Å². The normalized spacial score (nSPS) is 10.1. The van der Waals surface area contributed by atoms with E-state index in [1.807, 2.05) is 42.5 Å². The third kappa shape index (κ3) is 4.81. The van der Waals surface area contributed by atoms with Gasteiger partial charge in [0.15, 0.2) is 0 Å². The number of hydrogen-bond donors (Lipinski definition) is 3. The molecule has 0 saturated carbocycles. The van der Waals surface area contributed by atoms with E-state index < -0.39 is 6.09 Å². The number of amides is 1. The molecule has 0 radical (unpaired) electrons. The molecule has 0 unspecified atom stereocenters. The maximum absolute atomic E-state index is 10.7. The number of carbonyl (C=O) groups is 1. The molecule has 23 heavy (non-hydrogen) atoms. The Balaban J connectivity index is 1.93. The van der Waals surface area contributed by atoms with Crippen LogP contribution >= 0.6 is 0 Å². The van der Waals surface area contributed by atoms with Crippen LogP contribution in [0.4, 0.5) is 16.2 Å². The van der Waals surface area contributed by atoms with Gasteiger partial charge in [-0.15, -0.1) is 0 Å². The van der Waals surface area contributed by atoms with Crippen molar-refractivity contribution < 1.29 is 14.6 Å². The fraction of sp³-hybridized carbons (Fsp3) is 0.235. The summed E-state index contributed by atoms with van der Waals surface area (Å²) in [5.41, 5.74) is 8.57.